The molecule has 0 aromatic carbocycles. The van der Waals surface area contributed by atoms with Crippen molar-refractivity contribution in [1.82, 2.24) is 15.2 Å². The molecule has 2 heterocycles. The van der Waals surface area contributed by atoms with Crippen LogP contribution in [0.25, 0.3) is 0 Å². The Kier molecular flexibility index (Phi) is 3.28. The van der Waals surface area contributed by atoms with Crippen LogP contribution < -0.4 is 11.1 Å². The fourth-order valence-electron chi connectivity index (χ4n) is 1.39. The first kappa shape index (κ1) is 12.4. The number of nitrogens with one attached hydrogen (secondary N) is 2. The Hall–Kier alpha value is -3.10. The van der Waals surface area contributed by atoms with Crippen LogP contribution in [-0.2, 0) is 0 Å². The van der Waals surface area contributed by atoms with Crippen molar-refractivity contribution in [3.8, 4) is 5.75 Å². The van der Waals surface area contributed by atoms with Gasteiger partial charge < -0.3 is 21.4 Å². The van der Waals surface area contributed by atoms with Crippen molar-refractivity contribution < 1.29 is 15.1 Å². The molecule has 0 atom stereocenters. The molecule has 0 unspecified atom stereocenters. The van der Waals surface area contributed by atoms with E-state index >= 15 is 0 Å². The second kappa shape index (κ2) is 5.04. The van der Waals surface area contributed by atoms with Gasteiger partial charge in [0.05, 0.1) is 23.5 Å². The second-order valence-electron chi connectivity index (χ2n) is 3.49. The Bertz CT molecular complexity index is 636. The molecule has 0 bridgehead atoms. The first-order chi connectivity index (χ1) is 9.13. The molecule has 0 aliphatic heterocycles. The minimum atomic E-state index is -0.587. The van der Waals surface area contributed by atoms with Crippen molar-refractivity contribution in [1.29, 1.82) is 0 Å². The van der Waals surface area contributed by atoms with E-state index in [-0.39, 0.29) is 28.5 Å². The number of carbonyl (C=O) groups is 1. The quantitative estimate of drug-likeness (QED) is 0.225. The normalized spacial score (nSPS) is 11.3. The highest BCUT2D eigenvalue weighted by Crippen LogP contribution is 2.17. The lowest BCUT2D eigenvalue weighted by molar-refractivity contribution is 0.102. The van der Waals surface area contributed by atoms with Crippen LogP contribution in [0, 0.1) is 0 Å². The number of pyridine rings is 1. The second-order valence-corrected chi connectivity index (χ2v) is 3.49. The topological polar surface area (TPSA) is 150 Å². The zero-order valence-corrected chi connectivity index (χ0v) is 9.53. The molecule has 98 valence electrons. The van der Waals surface area contributed by atoms with Gasteiger partial charge in [0.2, 0.25) is 0 Å². The summed E-state index contributed by atoms with van der Waals surface area (Å²) in [6, 6.07) is 1.35. The van der Waals surface area contributed by atoms with Gasteiger partial charge in [0.15, 0.2) is 5.84 Å². The average Bonchev–Trinajstić information content (AvgIpc) is 2.86. The number of amidine groups is 1. The van der Waals surface area contributed by atoms with Gasteiger partial charge in [-0.15, -0.1) is 0 Å². The van der Waals surface area contributed by atoms with Crippen molar-refractivity contribution in [3.63, 3.8) is 0 Å². The number of aromatic amines is 1. The number of aromatic nitrogens is 3. The van der Waals surface area contributed by atoms with Crippen molar-refractivity contribution in [2.45, 2.75) is 0 Å². The Morgan fingerprint density at radius 2 is 2.21 bits per heavy atom. The van der Waals surface area contributed by atoms with E-state index in [0.717, 1.165) is 6.20 Å². The van der Waals surface area contributed by atoms with Gasteiger partial charge in [-0.25, -0.2) is 0 Å². The van der Waals surface area contributed by atoms with Crippen molar-refractivity contribution >= 4 is 17.6 Å². The van der Waals surface area contributed by atoms with Gasteiger partial charge in [0, 0.05) is 6.20 Å². The predicted molar refractivity (Wildman–Crippen MR) is 65.0 cm³/mol. The number of amides is 1. The van der Waals surface area contributed by atoms with Gasteiger partial charge in [-0.05, 0) is 6.07 Å². The first-order valence-electron chi connectivity index (χ1n) is 5.09. The number of nitrogens with two attached hydrogens (primary N) is 1. The molecule has 6 N–H and O–H groups in total. The monoisotopic (exact) mass is 262 g/mol. The molecule has 0 radical (unpaired) electrons. The predicted octanol–water partition coefficient (Wildman–Crippen LogP) is -0.143. The maximum atomic E-state index is 11.9. The van der Waals surface area contributed by atoms with Crippen LogP contribution in [0.15, 0.2) is 29.8 Å². The largest absolute Gasteiger partial charge is 0.505 e. The fourth-order valence-corrected chi connectivity index (χ4v) is 1.39. The molecule has 0 fully saturated rings. The van der Waals surface area contributed by atoms with Gasteiger partial charge >= 0.3 is 0 Å². The van der Waals surface area contributed by atoms with E-state index < -0.39 is 5.91 Å². The highest BCUT2D eigenvalue weighted by atomic mass is 16.4. The Morgan fingerprint density at radius 1 is 1.42 bits per heavy atom. The molecular formula is C10H10N6O3. The number of rotatable bonds is 3. The lowest BCUT2D eigenvalue weighted by Gasteiger charge is -2.06. The summed E-state index contributed by atoms with van der Waals surface area (Å²) in [5.41, 5.74) is 5.68. The van der Waals surface area contributed by atoms with Crippen LogP contribution in [0.2, 0.25) is 0 Å². The highest BCUT2D eigenvalue weighted by molar-refractivity contribution is 6.09. The Labute approximate surface area is 106 Å². The molecule has 0 aliphatic rings. The summed E-state index contributed by atoms with van der Waals surface area (Å²) < 4.78 is 0. The van der Waals surface area contributed by atoms with Gasteiger partial charge in [0.25, 0.3) is 5.91 Å². The molecule has 9 heteroatoms. The lowest BCUT2D eigenvalue weighted by Crippen LogP contribution is -2.18. The molecule has 0 saturated carbocycles. The third-order valence-electron chi connectivity index (χ3n) is 2.31. The van der Waals surface area contributed by atoms with Gasteiger partial charge in [-0.3, -0.25) is 14.9 Å². The van der Waals surface area contributed by atoms with E-state index in [1.807, 2.05) is 0 Å². The third-order valence-corrected chi connectivity index (χ3v) is 2.31. The van der Waals surface area contributed by atoms with Crippen molar-refractivity contribution in [2.24, 2.45) is 10.9 Å². The summed E-state index contributed by atoms with van der Waals surface area (Å²) in [6.45, 7) is 0. The number of aromatic hydroxyl groups is 1. The summed E-state index contributed by atoms with van der Waals surface area (Å²) in [7, 11) is 0. The van der Waals surface area contributed by atoms with Crippen LogP contribution in [0.5, 0.6) is 5.75 Å². The molecule has 2 aromatic heterocycles. The van der Waals surface area contributed by atoms with Gasteiger partial charge in [-0.1, -0.05) is 5.16 Å². The SMILES string of the molecule is N/C(=N/O)c1cn[nH]c1NC(=O)c1ccncc1O. The van der Waals surface area contributed by atoms with Crippen LogP contribution in [0.4, 0.5) is 5.82 Å². The number of anilines is 1. The molecule has 0 aliphatic carbocycles. The van der Waals surface area contributed by atoms with E-state index in [1.165, 1.54) is 18.5 Å². The molecule has 2 rings (SSSR count). The van der Waals surface area contributed by atoms with E-state index in [4.69, 9.17) is 10.9 Å². The molecule has 9 nitrogen and oxygen atoms in total. The third kappa shape index (κ3) is 2.44. The summed E-state index contributed by atoms with van der Waals surface area (Å²) in [5, 5.41) is 29.5. The number of hydrogen-bond donors (Lipinski definition) is 5. The number of hydrogen-bond acceptors (Lipinski definition) is 6. The van der Waals surface area contributed by atoms with Gasteiger partial charge in [-0.2, -0.15) is 5.10 Å². The number of nitrogens with zero attached hydrogens (tertiary/aromatic N) is 3. The molecule has 19 heavy (non-hydrogen) atoms. The molecule has 1 amide bonds. The van der Waals surface area contributed by atoms with E-state index in [1.54, 1.807) is 0 Å². The fraction of sp³-hybridized carbons (Fsp3) is 0. The summed E-state index contributed by atoms with van der Waals surface area (Å²) >= 11 is 0. The zero-order valence-electron chi connectivity index (χ0n) is 9.53. The standard InChI is InChI=1S/C10H10N6O3/c11-8(16-19)6-3-13-15-9(6)14-10(18)5-1-2-12-4-7(5)17/h1-4,17,19H,(H2,11,16)(H2,13,14,15,18). The van der Waals surface area contributed by atoms with Crippen LogP contribution in [-0.4, -0.2) is 37.2 Å². The van der Waals surface area contributed by atoms with Crippen molar-refractivity contribution in [2.75, 3.05) is 5.32 Å². The van der Waals surface area contributed by atoms with E-state index in [2.05, 4.69) is 25.7 Å². The molecule has 0 saturated heterocycles. The van der Waals surface area contributed by atoms with E-state index in [9.17, 15) is 9.90 Å². The molecule has 2 aromatic rings. The smallest absolute Gasteiger partial charge is 0.260 e. The molecule has 0 spiro atoms. The minimum Gasteiger partial charge on any atom is -0.505 e. The summed E-state index contributed by atoms with van der Waals surface area (Å²) in [6.07, 6.45) is 3.80. The van der Waals surface area contributed by atoms with Crippen molar-refractivity contribution in [3.05, 3.63) is 35.8 Å². The van der Waals surface area contributed by atoms with Crippen LogP contribution in [0.3, 0.4) is 0 Å². The number of carbonyl (C=O) groups excluding carboxylic acids is 1. The maximum Gasteiger partial charge on any atom is 0.260 e. The van der Waals surface area contributed by atoms with E-state index in [0.29, 0.717) is 0 Å². The maximum absolute atomic E-state index is 11.9. The number of H-pyrrole nitrogens is 1. The summed E-state index contributed by atoms with van der Waals surface area (Å²) in [4.78, 5) is 15.6. The number of oxime groups is 1. The lowest BCUT2D eigenvalue weighted by atomic mass is 10.2. The Balaban J connectivity index is 2.26. The Morgan fingerprint density at radius 3 is 2.89 bits per heavy atom. The first-order valence-corrected chi connectivity index (χ1v) is 5.09. The highest BCUT2D eigenvalue weighted by Gasteiger charge is 2.15. The average molecular weight is 262 g/mol. The zero-order chi connectivity index (χ0) is 13.8. The minimum absolute atomic E-state index is 0.0371. The van der Waals surface area contributed by atoms with Crippen LogP contribution >= 0.6 is 0 Å². The summed E-state index contributed by atoms with van der Waals surface area (Å²) in [5.74, 6) is -0.902. The molecular weight excluding hydrogens is 252 g/mol. The van der Waals surface area contributed by atoms with Crippen LogP contribution in [0.1, 0.15) is 15.9 Å². The van der Waals surface area contributed by atoms with Gasteiger partial charge in [0.1, 0.15) is 11.6 Å².